The quantitative estimate of drug-likeness (QED) is 0.691. The Bertz CT molecular complexity index is 962. The first-order chi connectivity index (χ1) is 12.7. The second-order valence-electron chi connectivity index (χ2n) is 5.55. The molecule has 3 aromatic rings. The monoisotopic (exact) mass is 362 g/mol. The molecular formula is C21H15ClN2O2. The summed E-state index contributed by atoms with van der Waals surface area (Å²) in [6, 6.07) is 23.1. The Balaban J connectivity index is 1.67. The number of nitrogens with one attached hydrogen (secondary N) is 1. The largest absolute Gasteiger partial charge is 0.489 e. The predicted molar refractivity (Wildman–Crippen MR) is 101 cm³/mol. The van der Waals surface area contributed by atoms with Gasteiger partial charge in [0.2, 0.25) is 0 Å². The Morgan fingerprint density at radius 3 is 2.54 bits per heavy atom. The van der Waals surface area contributed by atoms with Crippen LogP contribution in [0, 0.1) is 11.3 Å². The van der Waals surface area contributed by atoms with E-state index < -0.39 is 0 Å². The van der Waals surface area contributed by atoms with Crippen LogP contribution in [-0.2, 0) is 6.61 Å². The van der Waals surface area contributed by atoms with Crippen LogP contribution < -0.4 is 10.1 Å². The highest BCUT2D eigenvalue weighted by atomic mass is 35.5. The minimum absolute atomic E-state index is 0.252. The second-order valence-corrected chi connectivity index (χ2v) is 5.96. The van der Waals surface area contributed by atoms with Crippen molar-refractivity contribution in [3.05, 3.63) is 94.5 Å². The molecule has 1 N–H and O–H groups in total. The van der Waals surface area contributed by atoms with Gasteiger partial charge in [-0.05, 0) is 48.5 Å². The predicted octanol–water partition coefficient (Wildman–Crippen LogP) is 5.04. The van der Waals surface area contributed by atoms with Crippen LogP contribution in [0.25, 0.3) is 0 Å². The third-order valence-electron chi connectivity index (χ3n) is 3.72. The average molecular weight is 363 g/mol. The molecule has 0 unspecified atom stereocenters. The molecule has 0 heterocycles. The van der Waals surface area contributed by atoms with Crippen molar-refractivity contribution in [1.82, 2.24) is 0 Å². The first-order valence-electron chi connectivity index (χ1n) is 7.93. The summed E-state index contributed by atoms with van der Waals surface area (Å²) >= 11 is 6.12. The maximum absolute atomic E-state index is 12.4. The van der Waals surface area contributed by atoms with Crippen LogP contribution in [0.1, 0.15) is 21.5 Å². The standard InChI is InChI=1S/C21H15ClN2O2/c22-20-7-2-1-4-17(20)14-26-19-6-3-5-16(12-19)21(25)24-18-10-8-15(13-23)9-11-18/h1-12H,14H2,(H,24,25). The maximum Gasteiger partial charge on any atom is 0.255 e. The van der Waals surface area contributed by atoms with Gasteiger partial charge in [-0.2, -0.15) is 5.26 Å². The van der Waals surface area contributed by atoms with Crippen LogP contribution in [0.3, 0.4) is 0 Å². The first-order valence-corrected chi connectivity index (χ1v) is 8.31. The molecule has 0 saturated heterocycles. The summed E-state index contributed by atoms with van der Waals surface area (Å²) in [5.41, 5.74) is 2.52. The number of carbonyl (C=O) groups is 1. The fourth-order valence-electron chi connectivity index (χ4n) is 2.34. The van der Waals surface area contributed by atoms with Gasteiger partial charge in [0.1, 0.15) is 12.4 Å². The molecule has 1 amide bonds. The van der Waals surface area contributed by atoms with Crippen molar-refractivity contribution in [1.29, 1.82) is 5.26 Å². The summed E-state index contributed by atoms with van der Waals surface area (Å²) in [4.78, 5) is 12.4. The molecule has 4 nitrogen and oxygen atoms in total. The van der Waals surface area contributed by atoms with Crippen LogP contribution >= 0.6 is 11.6 Å². The Morgan fingerprint density at radius 2 is 1.81 bits per heavy atom. The highest BCUT2D eigenvalue weighted by molar-refractivity contribution is 6.31. The molecular weight excluding hydrogens is 348 g/mol. The summed E-state index contributed by atoms with van der Waals surface area (Å²) in [5, 5.41) is 12.2. The number of rotatable bonds is 5. The highest BCUT2D eigenvalue weighted by Crippen LogP contribution is 2.20. The van der Waals surface area contributed by atoms with Crippen LogP contribution in [0.15, 0.2) is 72.8 Å². The van der Waals surface area contributed by atoms with E-state index in [-0.39, 0.29) is 5.91 Å². The second kappa shape index (κ2) is 8.19. The van der Waals surface area contributed by atoms with Gasteiger partial charge in [-0.1, -0.05) is 35.9 Å². The van der Waals surface area contributed by atoms with E-state index in [1.54, 1.807) is 48.5 Å². The van der Waals surface area contributed by atoms with Crippen molar-refractivity contribution in [3.8, 4) is 11.8 Å². The van der Waals surface area contributed by atoms with Crippen molar-refractivity contribution in [2.75, 3.05) is 5.32 Å². The average Bonchev–Trinajstić information content (AvgIpc) is 2.68. The molecule has 0 spiro atoms. The lowest BCUT2D eigenvalue weighted by atomic mass is 10.2. The van der Waals surface area contributed by atoms with E-state index in [1.165, 1.54) is 0 Å². The molecule has 3 aromatic carbocycles. The summed E-state index contributed by atoms with van der Waals surface area (Å²) in [7, 11) is 0. The summed E-state index contributed by atoms with van der Waals surface area (Å²) < 4.78 is 5.74. The van der Waals surface area contributed by atoms with E-state index >= 15 is 0 Å². The SMILES string of the molecule is N#Cc1ccc(NC(=O)c2cccc(OCc3ccccc3Cl)c2)cc1. The Morgan fingerprint density at radius 1 is 1.04 bits per heavy atom. The molecule has 0 saturated carbocycles. The lowest BCUT2D eigenvalue weighted by molar-refractivity contribution is 0.102. The molecule has 0 aliphatic heterocycles. The van der Waals surface area contributed by atoms with Crippen LogP contribution in [0.5, 0.6) is 5.75 Å². The van der Waals surface area contributed by atoms with Crippen LogP contribution in [0.4, 0.5) is 5.69 Å². The van der Waals surface area contributed by atoms with Gasteiger partial charge in [0, 0.05) is 21.8 Å². The van der Waals surface area contributed by atoms with Gasteiger partial charge in [-0.15, -0.1) is 0 Å². The molecule has 0 aliphatic rings. The Hall–Kier alpha value is -3.29. The number of carbonyl (C=O) groups excluding carboxylic acids is 1. The third kappa shape index (κ3) is 4.41. The number of benzene rings is 3. The van der Waals surface area contributed by atoms with Crippen molar-refractivity contribution in [3.63, 3.8) is 0 Å². The third-order valence-corrected chi connectivity index (χ3v) is 4.09. The normalized spacial score (nSPS) is 10.0. The van der Waals surface area contributed by atoms with E-state index in [4.69, 9.17) is 21.6 Å². The van der Waals surface area contributed by atoms with Crippen molar-refractivity contribution >= 4 is 23.2 Å². The van der Waals surface area contributed by atoms with Crippen molar-refractivity contribution in [2.45, 2.75) is 6.61 Å². The van der Waals surface area contributed by atoms with Gasteiger partial charge in [-0.3, -0.25) is 4.79 Å². The number of ether oxygens (including phenoxy) is 1. The van der Waals surface area contributed by atoms with E-state index in [2.05, 4.69) is 5.32 Å². The van der Waals surface area contributed by atoms with Crippen molar-refractivity contribution in [2.24, 2.45) is 0 Å². The summed E-state index contributed by atoms with van der Waals surface area (Å²) in [5.74, 6) is 0.329. The molecule has 3 rings (SSSR count). The van der Waals surface area contributed by atoms with Crippen LogP contribution in [0.2, 0.25) is 5.02 Å². The Labute approximate surface area is 156 Å². The molecule has 0 fully saturated rings. The number of halogens is 1. The van der Waals surface area contributed by atoms with Gasteiger partial charge < -0.3 is 10.1 Å². The van der Waals surface area contributed by atoms with E-state index in [1.807, 2.05) is 30.3 Å². The maximum atomic E-state index is 12.4. The molecule has 0 bridgehead atoms. The number of nitriles is 1. The number of nitrogens with zero attached hydrogens (tertiary/aromatic N) is 1. The molecule has 5 heteroatoms. The van der Waals surface area contributed by atoms with Crippen LogP contribution in [-0.4, -0.2) is 5.91 Å². The minimum Gasteiger partial charge on any atom is -0.489 e. The summed E-state index contributed by atoms with van der Waals surface area (Å²) in [6.07, 6.45) is 0. The lowest BCUT2D eigenvalue weighted by Gasteiger charge is -2.10. The fraction of sp³-hybridized carbons (Fsp3) is 0.0476. The lowest BCUT2D eigenvalue weighted by Crippen LogP contribution is -2.12. The number of anilines is 1. The van der Waals surface area contributed by atoms with Crippen molar-refractivity contribution < 1.29 is 9.53 Å². The van der Waals surface area contributed by atoms with Gasteiger partial charge in [-0.25, -0.2) is 0 Å². The zero-order valence-corrected chi connectivity index (χ0v) is 14.5. The van der Waals surface area contributed by atoms with Gasteiger partial charge in [0.05, 0.1) is 11.6 Å². The molecule has 0 aliphatic carbocycles. The molecule has 0 atom stereocenters. The number of hydrogen-bond acceptors (Lipinski definition) is 3. The van der Waals surface area contributed by atoms with Gasteiger partial charge in [0.25, 0.3) is 5.91 Å². The number of amides is 1. The zero-order valence-electron chi connectivity index (χ0n) is 13.8. The minimum atomic E-state index is -0.252. The van der Waals surface area contributed by atoms with Gasteiger partial charge >= 0.3 is 0 Å². The smallest absolute Gasteiger partial charge is 0.255 e. The summed E-state index contributed by atoms with van der Waals surface area (Å²) in [6.45, 7) is 0.320. The zero-order chi connectivity index (χ0) is 18.4. The Kier molecular flexibility index (Phi) is 5.52. The molecule has 128 valence electrons. The topological polar surface area (TPSA) is 62.1 Å². The molecule has 26 heavy (non-hydrogen) atoms. The fourth-order valence-corrected chi connectivity index (χ4v) is 2.53. The van der Waals surface area contributed by atoms with E-state index in [0.717, 1.165) is 5.56 Å². The van der Waals surface area contributed by atoms with Gasteiger partial charge in [0.15, 0.2) is 0 Å². The number of hydrogen-bond donors (Lipinski definition) is 1. The molecule has 0 aromatic heterocycles. The van der Waals surface area contributed by atoms with E-state index in [9.17, 15) is 4.79 Å². The molecule has 0 radical (unpaired) electrons. The first kappa shape index (κ1) is 17.5. The van der Waals surface area contributed by atoms with E-state index in [0.29, 0.717) is 34.2 Å². The highest BCUT2D eigenvalue weighted by Gasteiger charge is 2.08.